The molecule has 4 aromatic rings. The molecule has 2 aromatic heterocycles. The van der Waals surface area contributed by atoms with Crippen LogP contribution in [0.4, 0.5) is 5.82 Å². The molecule has 0 aliphatic carbocycles. The van der Waals surface area contributed by atoms with Crippen LogP contribution in [0, 0.1) is 0 Å². The first-order valence-electron chi connectivity index (χ1n) is 7.97. The predicted octanol–water partition coefficient (Wildman–Crippen LogP) is 4.25. The Labute approximate surface area is 153 Å². The number of rotatable bonds is 5. The summed E-state index contributed by atoms with van der Waals surface area (Å²) in [4.78, 5) is 8.67. The van der Waals surface area contributed by atoms with E-state index in [2.05, 4.69) is 54.6 Å². The third-order valence-corrected chi connectivity index (χ3v) is 4.42. The smallest absolute Gasteiger partial charge is 0.137 e. The summed E-state index contributed by atoms with van der Waals surface area (Å²) in [5, 5.41) is 8.81. The van der Waals surface area contributed by atoms with Gasteiger partial charge in [0.05, 0.1) is 18.3 Å². The van der Waals surface area contributed by atoms with Crippen molar-refractivity contribution < 1.29 is 0 Å². The molecule has 0 bridgehead atoms. The van der Waals surface area contributed by atoms with Crippen molar-refractivity contribution in [2.24, 2.45) is 0 Å². The van der Waals surface area contributed by atoms with Gasteiger partial charge in [-0.15, -0.1) is 0 Å². The molecule has 0 unspecified atom stereocenters. The lowest BCUT2D eigenvalue weighted by Gasteiger charge is -2.07. The number of aromatic nitrogens is 4. The Morgan fingerprint density at radius 2 is 1.88 bits per heavy atom. The number of nitrogens with one attached hydrogen (secondary N) is 1. The number of halogens is 1. The van der Waals surface area contributed by atoms with Crippen molar-refractivity contribution in [3.8, 4) is 0 Å². The van der Waals surface area contributed by atoms with Crippen molar-refractivity contribution in [2.75, 3.05) is 5.32 Å². The molecule has 0 saturated heterocycles. The Kier molecular flexibility index (Phi) is 4.43. The zero-order valence-electron chi connectivity index (χ0n) is 13.4. The number of nitrogens with zero attached hydrogens (tertiary/aromatic N) is 4. The van der Waals surface area contributed by atoms with E-state index in [0.717, 1.165) is 33.3 Å². The van der Waals surface area contributed by atoms with Gasteiger partial charge in [0.2, 0.25) is 0 Å². The highest BCUT2D eigenvalue weighted by molar-refractivity contribution is 9.10. The molecule has 0 fully saturated rings. The minimum absolute atomic E-state index is 0.660. The van der Waals surface area contributed by atoms with Gasteiger partial charge < -0.3 is 5.32 Å². The molecule has 0 aliphatic rings. The highest BCUT2D eigenvalue weighted by Gasteiger charge is 2.05. The summed E-state index contributed by atoms with van der Waals surface area (Å²) in [5.74, 6) is 0.821. The summed E-state index contributed by atoms with van der Waals surface area (Å²) in [6, 6.07) is 16.3. The maximum atomic E-state index is 4.44. The number of anilines is 1. The lowest BCUT2D eigenvalue weighted by Crippen LogP contribution is -2.02. The molecule has 124 valence electrons. The molecule has 25 heavy (non-hydrogen) atoms. The van der Waals surface area contributed by atoms with E-state index in [0.29, 0.717) is 6.54 Å². The van der Waals surface area contributed by atoms with E-state index >= 15 is 0 Å². The normalized spacial score (nSPS) is 10.9. The summed E-state index contributed by atoms with van der Waals surface area (Å²) < 4.78 is 2.95. The van der Waals surface area contributed by atoms with Gasteiger partial charge in [-0.05, 0) is 23.8 Å². The average Bonchev–Trinajstić information content (AvgIpc) is 3.08. The highest BCUT2D eigenvalue weighted by Crippen LogP contribution is 2.23. The first-order chi connectivity index (χ1) is 12.3. The third-order valence-electron chi connectivity index (χ3n) is 3.93. The van der Waals surface area contributed by atoms with Crippen LogP contribution in [0.1, 0.15) is 11.1 Å². The van der Waals surface area contributed by atoms with Crippen LogP contribution in [0.3, 0.4) is 0 Å². The van der Waals surface area contributed by atoms with E-state index in [1.165, 1.54) is 5.56 Å². The number of hydrogen-bond donors (Lipinski definition) is 1. The molecule has 4 rings (SSSR count). The van der Waals surface area contributed by atoms with Gasteiger partial charge in [0.15, 0.2) is 0 Å². The molecule has 2 heterocycles. The first-order valence-corrected chi connectivity index (χ1v) is 8.76. The molecule has 2 aromatic carbocycles. The molecular weight excluding hydrogens is 378 g/mol. The van der Waals surface area contributed by atoms with Crippen LogP contribution in [0.2, 0.25) is 0 Å². The van der Waals surface area contributed by atoms with Gasteiger partial charge in [-0.2, -0.15) is 5.10 Å². The van der Waals surface area contributed by atoms with E-state index in [1.54, 1.807) is 6.33 Å². The minimum atomic E-state index is 0.660. The Morgan fingerprint density at radius 1 is 1.00 bits per heavy atom. The molecule has 0 saturated carbocycles. The molecule has 1 N–H and O–H groups in total. The van der Waals surface area contributed by atoms with E-state index in [-0.39, 0.29) is 0 Å². The van der Waals surface area contributed by atoms with Crippen LogP contribution in [0.5, 0.6) is 0 Å². The molecule has 0 amide bonds. The summed E-state index contributed by atoms with van der Waals surface area (Å²) in [5.41, 5.74) is 3.26. The Balaban J connectivity index is 1.48. The van der Waals surface area contributed by atoms with Crippen LogP contribution < -0.4 is 5.32 Å². The second-order valence-electron chi connectivity index (χ2n) is 5.77. The lowest BCUT2D eigenvalue weighted by atomic mass is 10.2. The molecule has 5 nitrogen and oxygen atoms in total. The SMILES string of the molecule is Brc1ccc2ncnc(NCc3cnn(Cc4ccccc4)c3)c2c1. The summed E-state index contributed by atoms with van der Waals surface area (Å²) in [6.07, 6.45) is 5.52. The van der Waals surface area contributed by atoms with E-state index < -0.39 is 0 Å². The second-order valence-corrected chi connectivity index (χ2v) is 6.68. The van der Waals surface area contributed by atoms with Crippen LogP contribution in [-0.2, 0) is 13.1 Å². The Morgan fingerprint density at radius 3 is 2.76 bits per heavy atom. The largest absolute Gasteiger partial charge is 0.365 e. The maximum Gasteiger partial charge on any atom is 0.137 e. The van der Waals surface area contributed by atoms with Gasteiger partial charge in [0.25, 0.3) is 0 Å². The average molecular weight is 394 g/mol. The molecule has 0 spiro atoms. The molecule has 6 heteroatoms. The first kappa shape index (κ1) is 15.8. The van der Waals surface area contributed by atoms with Crippen LogP contribution in [0.15, 0.2) is 71.7 Å². The molecule has 0 atom stereocenters. The summed E-state index contributed by atoms with van der Waals surface area (Å²) in [7, 11) is 0. The van der Waals surface area contributed by atoms with Gasteiger partial charge in [-0.25, -0.2) is 9.97 Å². The third kappa shape index (κ3) is 3.69. The van der Waals surface area contributed by atoms with Crippen molar-refractivity contribution in [2.45, 2.75) is 13.1 Å². The summed E-state index contributed by atoms with van der Waals surface area (Å²) >= 11 is 3.50. The number of fused-ring (bicyclic) bond motifs is 1. The van der Waals surface area contributed by atoms with Crippen molar-refractivity contribution in [1.82, 2.24) is 19.7 Å². The van der Waals surface area contributed by atoms with Gasteiger partial charge in [-0.1, -0.05) is 46.3 Å². The number of benzene rings is 2. The van der Waals surface area contributed by atoms with Crippen molar-refractivity contribution in [3.05, 3.63) is 82.9 Å². The predicted molar refractivity (Wildman–Crippen MR) is 102 cm³/mol. The summed E-state index contributed by atoms with van der Waals surface area (Å²) in [6.45, 7) is 1.43. The van der Waals surface area contributed by atoms with Crippen LogP contribution >= 0.6 is 15.9 Å². The monoisotopic (exact) mass is 393 g/mol. The van der Waals surface area contributed by atoms with Crippen LogP contribution in [0.25, 0.3) is 10.9 Å². The van der Waals surface area contributed by atoms with Crippen molar-refractivity contribution in [1.29, 1.82) is 0 Å². The lowest BCUT2D eigenvalue weighted by molar-refractivity contribution is 0.686. The van der Waals surface area contributed by atoms with Gasteiger partial charge in [-0.3, -0.25) is 4.68 Å². The van der Waals surface area contributed by atoms with Crippen molar-refractivity contribution in [3.63, 3.8) is 0 Å². The fourth-order valence-electron chi connectivity index (χ4n) is 2.71. The topological polar surface area (TPSA) is 55.6 Å². The highest BCUT2D eigenvalue weighted by atomic mass is 79.9. The number of hydrogen-bond acceptors (Lipinski definition) is 4. The Bertz CT molecular complexity index is 997. The van der Waals surface area contributed by atoms with Crippen molar-refractivity contribution >= 4 is 32.7 Å². The maximum absolute atomic E-state index is 4.44. The second kappa shape index (κ2) is 7.03. The zero-order chi connectivity index (χ0) is 17.1. The molecule has 0 radical (unpaired) electrons. The quantitative estimate of drug-likeness (QED) is 0.550. The standard InChI is InChI=1S/C19H16BrN5/c20-16-6-7-18-17(8-16)19(23-13-22-18)21-9-15-10-24-25(12-15)11-14-4-2-1-3-5-14/h1-8,10,12-13H,9,11H2,(H,21,22,23). The van der Waals surface area contributed by atoms with Gasteiger partial charge in [0.1, 0.15) is 12.1 Å². The fourth-order valence-corrected chi connectivity index (χ4v) is 3.07. The van der Waals surface area contributed by atoms with E-state index in [9.17, 15) is 0 Å². The molecular formula is C19H16BrN5. The zero-order valence-corrected chi connectivity index (χ0v) is 15.0. The molecule has 0 aliphatic heterocycles. The van der Waals surface area contributed by atoms with Crippen LogP contribution in [-0.4, -0.2) is 19.7 Å². The van der Waals surface area contributed by atoms with E-state index in [1.807, 2.05) is 47.3 Å². The van der Waals surface area contributed by atoms with Gasteiger partial charge >= 0.3 is 0 Å². The minimum Gasteiger partial charge on any atom is -0.365 e. The van der Waals surface area contributed by atoms with Gasteiger partial charge in [0, 0.05) is 28.2 Å². The fraction of sp³-hybridized carbons (Fsp3) is 0.105. The van der Waals surface area contributed by atoms with E-state index in [4.69, 9.17) is 0 Å². The Hall–Kier alpha value is -2.73.